The lowest BCUT2D eigenvalue weighted by Crippen LogP contribution is -2.35. The predicted molar refractivity (Wildman–Crippen MR) is 73.4 cm³/mol. The smallest absolute Gasteiger partial charge is 0.223 e. The van der Waals surface area contributed by atoms with E-state index < -0.39 is 0 Å². The number of hydrogen-bond acceptors (Lipinski definition) is 3. The number of aliphatic hydroxyl groups is 1. The quantitative estimate of drug-likeness (QED) is 0.758. The van der Waals surface area contributed by atoms with E-state index in [-0.39, 0.29) is 24.3 Å². The molecule has 1 atom stereocenters. The van der Waals surface area contributed by atoms with Gasteiger partial charge in [-0.05, 0) is 31.4 Å². The van der Waals surface area contributed by atoms with Crippen molar-refractivity contribution < 1.29 is 9.90 Å². The first-order chi connectivity index (χ1) is 9.29. The highest BCUT2D eigenvalue weighted by Crippen LogP contribution is 2.17. The van der Waals surface area contributed by atoms with Gasteiger partial charge in [0.2, 0.25) is 5.91 Å². The molecule has 2 rings (SSSR count). The van der Waals surface area contributed by atoms with Gasteiger partial charge in [-0.3, -0.25) is 9.78 Å². The lowest BCUT2D eigenvalue weighted by Gasteiger charge is -2.16. The Labute approximate surface area is 113 Å². The Balaban J connectivity index is 1.77. The predicted octanol–water partition coefficient (Wildman–Crippen LogP) is 1.31. The number of nitrogens with zero attached hydrogens (tertiary/aromatic N) is 1. The Morgan fingerprint density at radius 1 is 1.42 bits per heavy atom. The average Bonchev–Trinajstić information content (AvgIpc) is 2.98. The second-order valence-electron chi connectivity index (χ2n) is 4.96. The maximum absolute atomic E-state index is 11.9. The van der Waals surface area contributed by atoms with E-state index >= 15 is 0 Å². The van der Waals surface area contributed by atoms with E-state index in [1.165, 1.54) is 0 Å². The number of amides is 1. The highest BCUT2D eigenvalue weighted by molar-refractivity contribution is 5.79. The standard InChI is InChI=1S/C15H20N2O2/c18-11-12(9-14-7-3-4-8-16-14)10-17-15(19)13-5-1-2-6-13/h1-4,7-8,12-13,18H,5-6,9-11H2,(H,17,19). The maximum Gasteiger partial charge on any atom is 0.223 e. The number of hydrogen-bond donors (Lipinski definition) is 2. The van der Waals surface area contributed by atoms with Gasteiger partial charge in [-0.2, -0.15) is 0 Å². The Bertz CT molecular complexity index is 423. The Hall–Kier alpha value is -1.68. The first kappa shape index (κ1) is 13.7. The van der Waals surface area contributed by atoms with Crippen LogP contribution in [0.25, 0.3) is 0 Å². The summed E-state index contributed by atoms with van der Waals surface area (Å²) < 4.78 is 0. The highest BCUT2D eigenvalue weighted by Gasteiger charge is 2.20. The molecular formula is C15H20N2O2. The largest absolute Gasteiger partial charge is 0.396 e. The van der Waals surface area contributed by atoms with Gasteiger partial charge in [-0.1, -0.05) is 18.2 Å². The zero-order valence-corrected chi connectivity index (χ0v) is 11.0. The van der Waals surface area contributed by atoms with Crippen molar-refractivity contribution >= 4 is 5.91 Å². The number of carbonyl (C=O) groups is 1. The molecule has 0 radical (unpaired) electrons. The highest BCUT2D eigenvalue weighted by atomic mass is 16.3. The molecular weight excluding hydrogens is 240 g/mol. The van der Waals surface area contributed by atoms with Gasteiger partial charge in [0.25, 0.3) is 0 Å². The first-order valence-corrected chi connectivity index (χ1v) is 6.73. The zero-order chi connectivity index (χ0) is 13.5. The Kier molecular flexibility index (Phi) is 5.10. The number of aliphatic hydroxyl groups excluding tert-OH is 1. The van der Waals surface area contributed by atoms with E-state index in [9.17, 15) is 9.90 Å². The van der Waals surface area contributed by atoms with Crippen molar-refractivity contribution in [2.75, 3.05) is 13.2 Å². The average molecular weight is 260 g/mol. The summed E-state index contributed by atoms with van der Waals surface area (Å²) in [5.41, 5.74) is 0.943. The first-order valence-electron chi connectivity index (χ1n) is 6.73. The molecule has 0 bridgehead atoms. The van der Waals surface area contributed by atoms with Gasteiger partial charge in [0, 0.05) is 36.9 Å². The van der Waals surface area contributed by atoms with Crippen LogP contribution in [0.15, 0.2) is 36.5 Å². The minimum absolute atomic E-state index is 0.0215. The monoisotopic (exact) mass is 260 g/mol. The van der Waals surface area contributed by atoms with E-state index in [0.717, 1.165) is 18.5 Å². The van der Waals surface area contributed by atoms with Crippen LogP contribution in [-0.4, -0.2) is 29.1 Å². The van der Waals surface area contributed by atoms with Crippen LogP contribution in [-0.2, 0) is 11.2 Å². The van der Waals surface area contributed by atoms with Crippen LogP contribution >= 0.6 is 0 Å². The molecule has 0 saturated carbocycles. The summed E-state index contributed by atoms with van der Waals surface area (Å²) >= 11 is 0. The normalized spacial score (nSPS) is 16.5. The van der Waals surface area contributed by atoms with Crippen molar-refractivity contribution in [2.45, 2.75) is 19.3 Å². The van der Waals surface area contributed by atoms with Crippen molar-refractivity contribution in [3.63, 3.8) is 0 Å². The van der Waals surface area contributed by atoms with Gasteiger partial charge < -0.3 is 10.4 Å². The molecule has 19 heavy (non-hydrogen) atoms. The van der Waals surface area contributed by atoms with Crippen LogP contribution < -0.4 is 5.32 Å². The molecule has 4 heteroatoms. The minimum atomic E-state index is 0.0215. The van der Waals surface area contributed by atoms with Gasteiger partial charge in [-0.15, -0.1) is 0 Å². The molecule has 1 unspecified atom stereocenters. The molecule has 1 aromatic rings. The van der Waals surface area contributed by atoms with Crippen molar-refractivity contribution in [1.82, 2.24) is 10.3 Å². The van der Waals surface area contributed by atoms with Crippen LogP contribution in [0, 0.1) is 11.8 Å². The molecule has 1 aromatic heterocycles. The van der Waals surface area contributed by atoms with Gasteiger partial charge in [0.15, 0.2) is 0 Å². The lowest BCUT2D eigenvalue weighted by molar-refractivity contribution is -0.124. The van der Waals surface area contributed by atoms with E-state index in [2.05, 4.69) is 10.3 Å². The third kappa shape index (κ3) is 4.17. The SMILES string of the molecule is O=C(NCC(CO)Cc1ccccn1)C1CC=CC1. The van der Waals surface area contributed by atoms with Crippen LogP contribution in [0.2, 0.25) is 0 Å². The molecule has 0 aromatic carbocycles. The van der Waals surface area contributed by atoms with E-state index in [0.29, 0.717) is 13.0 Å². The lowest BCUT2D eigenvalue weighted by atomic mass is 10.0. The number of allylic oxidation sites excluding steroid dienone is 2. The second-order valence-corrected chi connectivity index (χ2v) is 4.96. The molecule has 2 N–H and O–H groups in total. The maximum atomic E-state index is 11.9. The van der Waals surface area contributed by atoms with Crippen molar-refractivity contribution in [3.05, 3.63) is 42.2 Å². The number of pyridine rings is 1. The summed E-state index contributed by atoms with van der Waals surface area (Å²) in [6, 6.07) is 5.73. The number of carbonyl (C=O) groups excluding carboxylic acids is 1. The third-order valence-electron chi connectivity index (χ3n) is 3.43. The Morgan fingerprint density at radius 3 is 2.84 bits per heavy atom. The van der Waals surface area contributed by atoms with Crippen molar-refractivity contribution in [3.8, 4) is 0 Å². The van der Waals surface area contributed by atoms with Crippen molar-refractivity contribution in [2.24, 2.45) is 11.8 Å². The van der Waals surface area contributed by atoms with Gasteiger partial charge >= 0.3 is 0 Å². The Morgan fingerprint density at radius 2 is 2.21 bits per heavy atom. The summed E-state index contributed by atoms with van der Waals surface area (Å²) in [7, 11) is 0. The molecule has 0 aliphatic heterocycles. The summed E-state index contributed by atoms with van der Waals surface area (Å²) in [5.74, 6) is 0.187. The summed E-state index contributed by atoms with van der Waals surface area (Å²) in [6.45, 7) is 0.558. The fourth-order valence-electron chi connectivity index (χ4n) is 2.24. The van der Waals surface area contributed by atoms with Gasteiger partial charge in [0.05, 0.1) is 0 Å². The fraction of sp³-hybridized carbons (Fsp3) is 0.467. The van der Waals surface area contributed by atoms with E-state index in [1.54, 1.807) is 6.20 Å². The van der Waals surface area contributed by atoms with Crippen molar-refractivity contribution in [1.29, 1.82) is 0 Å². The molecule has 0 fully saturated rings. The minimum Gasteiger partial charge on any atom is -0.396 e. The second kappa shape index (κ2) is 7.04. The summed E-state index contributed by atoms with van der Waals surface area (Å²) in [5, 5.41) is 12.3. The molecule has 0 saturated heterocycles. The van der Waals surface area contributed by atoms with Crippen LogP contribution in [0.5, 0.6) is 0 Å². The molecule has 102 valence electrons. The van der Waals surface area contributed by atoms with E-state index in [1.807, 2.05) is 30.4 Å². The molecule has 1 aliphatic carbocycles. The number of aromatic nitrogens is 1. The topological polar surface area (TPSA) is 62.2 Å². The van der Waals surface area contributed by atoms with Crippen LogP contribution in [0.3, 0.4) is 0 Å². The zero-order valence-electron chi connectivity index (χ0n) is 11.0. The third-order valence-corrected chi connectivity index (χ3v) is 3.43. The molecule has 0 spiro atoms. The molecule has 1 heterocycles. The van der Waals surface area contributed by atoms with Crippen LogP contribution in [0.1, 0.15) is 18.5 Å². The molecule has 4 nitrogen and oxygen atoms in total. The summed E-state index contributed by atoms with van der Waals surface area (Å²) in [6.07, 6.45) is 8.17. The number of rotatable bonds is 6. The summed E-state index contributed by atoms with van der Waals surface area (Å²) in [4.78, 5) is 16.1. The van der Waals surface area contributed by atoms with Gasteiger partial charge in [0.1, 0.15) is 0 Å². The fourth-order valence-corrected chi connectivity index (χ4v) is 2.24. The van der Waals surface area contributed by atoms with E-state index in [4.69, 9.17) is 0 Å². The molecule has 1 aliphatic rings. The van der Waals surface area contributed by atoms with Crippen LogP contribution in [0.4, 0.5) is 0 Å². The number of nitrogens with one attached hydrogen (secondary N) is 1. The van der Waals surface area contributed by atoms with Gasteiger partial charge in [-0.25, -0.2) is 0 Å². The molecule has 1 amide bonds.